The molecule has 7 heteroatoms. The molecule has 0 saturated heterocycles. The highest BCUT2D eigenvalue weighted by Gasteiger charge is 2.61. The maximum absolute atomic E-state index is 13.8. The molecule has 3 N–H and O–H groups in total. The number of phenols is 1. The first-order valence-corrected chi connectivity index (χ1v) is 10.9. The van der Waals surface area contributed by atoms with Crippen molar-refractivity contribution < 1.29 is 23.5 Å². The molecule has 2 bridgehead atoms. The van der Waals surface area contributed by atoms with E-state index in [9.17, 15) is 23.5 Å². The fourth-order valence-corrected chi connectivity index (χ4v) is 5.90. The fraction of sp³-hybridized carbons (Fsp3) is 0.440. The number of hydrogen-bond donors (Lipinski definition) is 3. The van der Waals surface area contributed by atoms with Crippen molar-refractivity contribution in [3.05, 3.63) is 58.7 Å². The number of aromatic hydroxyl groups is 1. The van der Waals surface area contributed by atoms with Crippen LogP contribution in [0.25, 0.3) is 0 Å². The highest BCUT2D eigenvalue weighted by Crippen LogP contribution is 2.71. The van der Waals surface area contributed by atoms with Crippen LogP contribution in [0.15, 0.2) is 30.3 Å². The van der Waals surface area contributed by atoms with Gasteiger partial charge in [0.1, 0.15) is 22.9 Å². The molecule has 32 heavy (non-hydrogen) atoms. The first kappa shape index (κ1) is 22.2. The van der Waals surface area contributed by atoms with Crippen LogP contribution < -0.4 is 10.6 Å². The van der Waals surface area contributed by atoms with Gasteiger partial charge in [-0.25, -0.2) is 13.6 Å². The molecular formula is C25H28F2N2O3. The molecule has 2 aromatic carbocycles. The van der Waals surface area contributed by atoms with Gasteiger partial charge in [-0.3, -0.25) is 10.1 Å². The van der Waals surface area contributed by atoms with Crippen LogP contribution in [-0.4, -0.2) is 17.0 Å². The molecule has 0 radical (unpaired) electrons. The van der Waals surface area contributed by atoms with Gasteiger partial charge in [0, 0.05) is 0 Å². The van der Waals surface area contributed by atoms with E-state index in [-0.39, 0.29) is 22.3 Å². The number of halogens is 2. The molecule has 3 unspecified atom stereocenters. The largest absolute Gasteiger partial charge is 0.505 e. The second-order valence-corrected chi connectivity index (χ2v) is 9.84. The zero-order chi connectivity index (χ0) is 23.4. The zero-order valence-corrected chi connectivity index (χ0v) is 18.7. The number of phenolic OH excluding ortho intramolecular Hbond substituents is 1. The van der Waals surface area contributed by atoms with E-state index in [1.165, 1.54) is 6.42 Å². The van der Waals surface area contributed by atoms with Crippen LogP contribution in [0.4, 0.5) is 19.3 Å². The Hall–Kier alpha value is -2.96. The molecule has 4 rings (SSSR count). The third-order valence-corrected chi connectivity index (χ3v) is 8.31. The average Bonchev–Trinajstić information content (AvgIpc) is 3.05. The Balaban J connectivity index is 1.52. The zero-order valence-electron chi connectivity index (χ0n) is 18.7. The van der Waals surface area contributed by atoms with Crippen molar-refractivity contribution in [2.75, 3.05) is 5.32 Å². The van der Waals surface area contributed by atoms with Crippen molar-refractivity contribution in [1.29, 1.82) is 0 Å². The van der Waals surface area contributed by atoms with Gasteiger partial charge >= 0.3 is 6.03 Å². The quantitative estimate of drug-likeness (QED) is 0.520. The van der Waals surface area contributed by atoms with Crippen LogP contribution in [0.1, 0.15) is 67.4 Å². The summed E-state index contributed by atoms with van der Waals surface area (Å²) in [7, 11) is 0. The number of carbonyl (C=O) groups is 2. The molecule has 5 nitrogen and oxygen atoms in total. The standard InChI is InChI=1S/C25H28F2N2O3/c1-13-15(16-12-14-10-11-25(16,4)24(14,2)3)8-9-19(21(13)30)28-23(32)29-22(31)20-17(26)6-5-7-18(20)27/h5-9,14,16,30H,10-12H2,1-4H3,(H2,28,29,31,32). The van der Waals surface area contributed by atoms with Gasteiger partial charge in [0.15, 0.2) is 0 Å². The summed E-state index contributed by atoms with van der Waals surface area (Å²) < 4.78 is 27.5. The second kappa shape index (κ2) is 7.57. The number of fused-ring (bicyclic) bond motifs is 2. The minimum absolute atomic E-state index is 0.0775. The van der Waals surface area contributed by atoms with Gasteiger partial charge in [-0.1, -0.05) is 32.9 Å². The molecular weight excluding hydrogens is 414 g/mol. The molecule has 170 valence electrons. The topological polar surface area (TPSA) is 78.4 Å². The molecule has 3 amide bonds. The molecule has 0 aliphatic heterocycles. The lowest BCUT2D eigenvalue weighted by Gasteiger charge is -2.40. The van der Waals surface area contributed by atoms with E-state index in [4.69, 9.17) is 0 Å². The van der Waals surface area contributed by atoms with E-state index in [2.05, 4.69) is 26.1 Å². The van der Waals surface area contributed by atoms with Gasteiger partial charge in [-0.15, -0.1) is 0 Å². The third kappa shape index (κ3) is 3.26. The highest BCUT2D eigenvalue weighted by atomic mass is 19.1. The number of amides is 3. The van der Waals surface area contributed by atoms with E-state index in [0.29, 0.717) is 17.4 Å². The van der Waals surface area contributed by atoms with E-state index >= 15 is 0 Å². The number of anilines is 1. The summed E-state index contributed by atoms with van der Waals surface area (Å²) in [5.74, 6) is -2.46. The van der Waals surface area contributed by atoms with Crippen molar-refractivity contribution >= 4 is 17.6 Å². The number of urea groups is 1. The summed E-state index contributed by atoms with van der Waals surface area (Å²) in [6.07, 6.45) is 3.44. The average molecular weight is 443 g/mol. The molecule has 2 aromatic rings. The number of imide groups is 1. The first-order valence-electron chi connectivity index (χ1n) is 10.9. The maximum atomic E-state index is 13.8. The normalized spacial score (nSPS) is 25.6. The van der Waals surface area contributed by atoms with Crippen molar-refractivity contribution in [3.8, 4) is 5.75 Å². The van der Waals surface area contributed by atoms with Crippen LogP contribution in [0.5, 0.6) is 5.75 Å². The Morgan fingerprint density at radius 2 is 1.75 bits per heavy atom. The van der Waals surface area contributed by atoms with Gasteiger partial charge in [0.2, 0.25) is 0 Å². The number of rotatable bonds is 3. The third-order valence-electron chi connectivity index (χ3n) is 8.31. The minimum atomic E-state index is -1.21. The monoisotopic (exact) mass is 442 g/mol. The number of hydrogen-bond acceptors (Lipinski definition) is 3. The fourth-order valence-electron chi connectivity index (χ4n) is 5.90. The van der Waals surface area contributed by atoms with E-state index in [1.807, 2.05) is 18.3 Å². The summed E-state index contributed by atoms with van der Waals surface area (Å²) in [6.45, 7) is 8.80. The van der Waals surface area contributed by atoms with Gasteiger partial charge < -0.3 is 10.4 Å². The van der Waals surface area contributed by atoms with Gasteiger partial charge in [-0.2, -0.15) is 0 Å². The Morgan fingerprint density at radius 1 is 1.09 bits per heavy atom. The maximum Gasteiger partial charge on any atom is 0.326 e. The number of benzene rings is 2. The van der Waals surface area contributed by atoms with Crippen molar-refractivity contribution in [1.82, 2.24) is 5.32 Å². The van der Waals surface area contributed by atoms with Crippen LogP contribution in [0.3, 0.4) is 0 Å². The molecule has 3 atom stereocenters. The van der Waals surface area contributed by atoms with Crippen molar-refractivity contribution in [2.24, 2.45) is 16.7 Å². The Morgan fingerprint density at radius 3 is 2.31 bits per heavy atom. The summed E-state index contributed by atoms with van der Waals surface area (Å²) in [5.41, 5.74) is 1.39. The molecule has 2 aliphatic carbocycles. The van der Waals surface area contributed by atoms with Gasteiger partial charge in [0.25, 0.3) is 5.91 Å². The predicted molar refractivity (Wildman–Crippen MR) is 118 cm³/mol. The Labute approximate surface area is 186 Å². The van der Waals surface area contributed by atoms with Gasteiger partial charge in [-0.05, 0) is 78.2 Å². The van der Waals surface area contributed by atoms with E-state index in [0.717, 1.165) is 36.6 Å². The first-order chi connectivity index (χ1) is 15.0. The molecule has 2 saturated carbocycles. The Kier molecular flexibility index (Phi) is 5.26. The van der Waals surface area contributed by atoms with Crippen LogP contribution in [0.2, 0.25) is 0 Å². The van der Waals surface area contributed by atoms with Crippen LogP contribution in [-0.2, 0) is 0 Å². The number of nitrogens with one attached hydrogen (secondary N) is 2. The Bertz CT molecular complexity index is 1090. The SMILES string of the molecule is Cc1c(C2CC3CCC2(C)C3(C)C)ccc(NC(=O)NC(=O)c2c(F)cccc2F)c1O. The van der Waals surface area contributed by atoms with Crippen LogP contribution in [0, 0.1) is 35.3 Å². The predicted octanol–water partition coefficient (Wildman–Crippen LogP) is 5.87. The lowest BCUT2D eigenvalue weighted by Crippen LogP contribution is -2.35. The smallest absolute Gasteiger partial charge is 0.326 e. The summed E-state index contributed by atoms with van der Waals surface area (Å²) in [4.78, 5) is 24.4. The molecule has 0 heterocycles. The van der Waals surface area contributed by atoms with Crippen LogP contribution >= 0.6 is 0 Å². The lowest BCUT2D eigenvalue weighted by atomic mass is 9.64. The molecule has 2 fully saturated rings. The van der Waals surface area contributed by atoms with Crippen molar-refractivity contribution in [3.63, 3.8) is 0 Å². The second-order valence-electron chi connectivity index (χ2n) is 9.84. The highest BCUT2D eigenvalue weighted by molar-refractivity contribution is 6.08. The number of carbonyl (C=O) groups excluding carboxylic acids is 2. The summed E-state index contributed by atoms with van der Waals surface area (Å²) in [5, 5.41) is 15.1. The van der Waals surface area contributed by atoms with E-state index in [1.54, 1.807) is 6.07 Å². The van der Waals surface area contributed by atoms with Crippen molar-refractivity contribution in [2.45, 2.75) is 52.9 Å². The minimum Gasteiger partial charge on any atom is -0.505 e. The summed E-state index contributed by atoms with van der Waals surface area (Å²) in [6, 6.07) is 5.52. The lowest BCUT2D eigenvalue weighted by molar-refractivity contribution is 0.0959. The molecule has 0 aromatic heterocycles. The van der Waals surface area contributed by atoms with Gasteiger partial charge in [0.05, 0.1) is 5.69 Å². The molecule has 0 spiro atoms. The summed E-state index contributed by atoms with van der Waals surface area (Å²) >= 11 is 0. The molecule has 2 aliphatic rings. The van der Waals surface area contributed by atoms with E-state index < -0.39 is 29.1 Å².